The molecule has 0 bridgehead atoms. The van der Waals surface area contributed by atoms with E-state index in [1.165, 1.54) is 7.11 Å². The summed E-state index contributed by atoms with van der Waals surface area (Å²) in [4.78, 5) is 27.9. The monoisotopic (exact) mass is 262 g/mol. The fraction of sp³-hybridized carbons (Fsp3) is 0.231. The minimum absolute atomic E-state index is 0.137. The molecule has 0 aliphatic rings. The highest BCUT2D eigenvalue weighted by Crippen LogP contribution is 2.21. The molecular formula is C13H14N2O4. The van der Waals surface area contributed by atoms with E-state index in [0.717, 1.165) is 5.56 Å². The summed E-state index contributed by atoms with van der Waals surface area (Å²) in [7, 11) is 2.83. The van der Waals surface area contributed by atoms with Crippen molar-refractivity contribution < 1.29 is 14.3 Å². The van der Waals surface area contributed by atoms with Gasteiger partial charge in [-0.1, -0.05) is 18.2 Å². The summed E-state index contributed by atoms with van der Waals surface area (Å²) in [5, 5.41) is 0. The molecule has 2 N–H and O–H groups in total. The Hall–Kier alpha value is -2.50. The molecule has 1 aromatic heterocycles. The van der Waals surface area contributed by atoms with Gasteiger partial charge in [0.15, 0.2) is 0 Å². The van der Waals surface area contributed by atoms with E-state index in [2.05, 4.69) is 14.7 Å². The van der Waals surface area contributed by atoms with Gasteiger partial charge in [-0.2, -0.15) is 0 Å². The van der Waals surface area contributed by atoms with Gasteiger partial charge >= 0.3 is 11.7 Å². The Labute approximate surface area is 109 Å². The molecule has 2 rings (SSSR count). The Bertz CT molecular complexity index is 642. The van der Waals surface area contributed by atoms with Crippen LogP contribution in [-0.4, -0.2) is 30.2 Å². The lowest BCUT2D eigenvalue weighted by atomic mass is 10.1. The van der Waals surface area contributed by atoms with E-state index in [4.69, 9.17) is 4.74 Å². The molecule has 0 saturated carbocycles. The molecule has 0 spiro atoms. The lowest BCUT2D eigenvalue weighted by molar-refractivity contribution is 0.0593. The molecule has 6 heteroatoms. The summed E-state index contributed by atoms with van der Waals surface area (Å²) in [5.41, 5.74) is 1.04. The van der Waals surface area contributed by atoms with Crippen LogP contribution in [0.3, 0.4) is 0 Å². The second kappa shape index (κ2) is 5.43. The normalized spacial score (nSPS) is 10.2. The number of esters is 1. The summed E-state index contributed by atoms with van der Waals surface area (Å²) < 4.78 is 9.86. The molecule has 2 aromatic rings. The third-order valence-corrected chi connectivity index (χ3v) is 2.75. The number of hydrogen-bond donors (Lipinski definition) is 2. The molecule has 100 valence electrons. The number of para-hydroxylation sites is 1. The highest BCUT2D eigenvalue weighted by Gasteiger charge is 2.17. The Morgan fingerprint density at radius 1 is 1.21 bits per heavy atom. The van der Waals surface area contributed by atoms with Gasteiger partial charge in [-0.3, -0.25) is 4.98 Å². The quantitative estimate of drug-likeness (QED) is 0.808. The summed E-state index contributed by atoms with van der Waals surface area (Å²) in [6.07, 6.45) is 0.368. The maximum atomic E-state index is 11.5. The van der Waals surface area contributed by atoms with Crippen molar-refractivity contribution in [3.8, 4) is 5.75 Å². The Balaban J connectivity index is 2.38. The number of nitrogens with one attached hydrogen (secondary N) is 2. The fourth-order valence-electron chi connectivity index (χ4n) is 1.87. The summed E-state index contributed by atoms with van der Waals surface area (Å²) >= 11 is 0. The fourth-order valence-corrected chi connectivity index (χ4v) is 1.87. The van der Waals surface area contributed by atoms with Crippen LogP contribution in [0.1, 0.15) is 21.7 Å². The van der Waals surface area contributed by atoms with E-state index in [1.807, 2.05) is 24.3 Å². The van der Waals surface area contributed by atoms with Gasteiger partial charge in [0.2, 0.25) is 0 Å². The number of aromatic nitrogens is 2. The lowest BCUT2D eigenvalue weighted by Gasteiger charge is -2.07. The second-order valence-electron chi connectivity index (χ2n) is 3.91. The van der Waals surface area contributed by atoms with Crippen molar-refractivity contribution in [2.45, 2.75) is 6.42 Å². The minimum atomic E-state index is -0.580. The second-order valence-corrected chi connectivity index (χ2v) is 3.91. The first-order valence-corrected chi connectivity index (χ1v) is 5.67. The lowest BCUT2D eigenvalue weighted by Crippen LogP contribution is -2.07. The van der Waals surface area contributed by atoms with Gasteiger partial charge in [0.25, 0.3) is 0 Å². The molecule has 0 aliphatic carbocycles. The van der Waals surface area contributed by atoms with Crippen LogP contribution < -0.4 is 10.4 Å². The smallest absolute Gasteiger partial charge is 0.356 e. The van der Waals surface area contributed by atoms with Crippen LogP contribution in [0.5, 0.6) is 5.75 Å². The zero-order chi connectivity index (χ0) is 13.8. The zero-order valence-electron chi connectivity index (χ0n) is 10.6. The standard InChI is InChI=1S/C13H14N2O4/c1-18-10-6-4-3-5-8(10)7-9-11(12(16)19-2)15-13(17)14-9/h3-6H,7H2,1-2H3,(H2,14,15,17). The Morgan fingerprint density at radius 3 is 2.63 bits per heavy atom. The van der Waals surface area contributed by atoms with E-state index in [0.29, 0.717) is 17.9 Å². The number of carbonyl (C=O) groups is 1. The molecule has 0 aliphatic heterocycles. The van der Waals surface area contributed by atoms with Gasteiger partial charge in [0.05, 0.1) is 19.9 Å². The number of hydrogen-bond acceptors (Lipinski definition) is 4. The maximum Gasteiger partial charge on any atom is 0.356 e. The van der Waals surface area contributed by atoms with E-state index >= 15 is 0 Å². The summed E-state index contributed by atoms with van der Waals surface area (Å²) in [6, 6.07) is 7.40. The number of carbonyl (C=O) groups excluding carboxylic acids is 1. The predicted molar refractivity (Wildman–Crippen MR) is 68.6 cm³/mol. The van der Waals surface area contributed by atoms with Crippen LogP contribution in [-0.2, 0) is 11.2 Å². The van der Waals surface area contributed by atoms with Crippen LogP contribution in [0.15, 0.2) is 29.1 Å². The number of rotatable bonds is 4. The summed E-state index contributed by atoms with van der Waals surface area (Å²) in [6.45, 7) is 0. The predicted octanol–water partition coefficient (Wildman–Crippen LogP) is 1.09. The number of methoxy groups -OCH3 is 2. The first-order valence-electron chi connectivity index (χ1n) is 5.67. The molecule has 19 heavy (non-hydrogen) atoms. The number of imidazole rings is 1. The van der Waals surface area contributed by atoms with E-state index in [9.17, 15) is 9.59 Å². The average Bonchev–Trinajstić information content (AvgIpc) is 2.79. The first kappa shape index (κ1) is 12.9. The number of aromatic amines is 2. The molecule has 0 fully saturated rings. The minimum Gasteiger partial charge on any atom is -0.496 e. The largest absolute Gasteiger partial charge is 0.496 e. The molecule has 6 nitrogen and oxygen atoms in total. The van der Waals surface area contributed by atoms with Gasteiger partial charge in [-0.05, 0) is 6.07 Å². The van der Waals surface area contributed by atoms with Crippen molar-refractivity contribution >= 4 is 5.97 Å². The Kier molecular flexibility index (Phi) is 3.70. The topological polar surface area (TPSA) is 84.2 Å². The molecule has 0 unspecified atom stereocenters. The molecule has 0 atom stereocenters. The molecule has 1 aromatic carbocycles. The van der Waals surface area contributed by atoms with E-state index < -0.39 is 11.7 Å². The molecule has 1 heterocycles. The number of ether oxygens (including phenoxy) is 2. The van der Waals surface area contributed by atoms with E-state index in [1.54, 1.807) is 7.11 Å². The van der Waals surface area contributed by atoms with Gasteiger partial charge in [-0.25, -0.2) is 9.59 Å². The SMILES string of the molecule is COC(=O)c1[nH]c(=O)[nH]c1Cc1ccccc1OC. The van der Waals surface area contributed by atoms with Crippen molar-refractivity contribution in [3.05, 3.63) is 51.7 Å². The third kappa shape index (κ3) is 2.67. The molecular weight excluding hydrogens is 248 g/mol. The van der Waals surface area contributed by atoms with E-state index in [-0.39, 0.29) is 5.69 Å². The van der Waals surface area contributed by atoms with Crippen LogP contribution >= 0.6 is 0 Å². The van der Waals surface area contributed by atoms with Gasteiger partial charge in [0, 0.05) is 12.0 Å². The number of H-pyrrole nitrogens is 2. The highest BCUT2D eigenvalue weighted by molar-refractivity contribution is 5.88. The molecule has 0 radical (unpaired) electrons. The summed E-state index contributed by atoms with van der Waals surface area (Å²) in [5.74, 6) is 0.114. The van der Waals surface area contributed by atoms with Crippen LogP contribution in [0.4, 0.5) is 0 Å². The highest BCUT2D eigenvalue weighted by atomic mass is 16.5. The van der Waals surface area contributed by atoms with Crippen LogP contribution in [0.2, 0.25) is 0 Å². The number of benzene rings is 1. The van der Waals surface area contributed by atoms with Gasteiger partial charge in [0.1, 0.15) is 11.4 Å². The maximum absolute atomic E-state index is 11.5. The average molecular weight is 262 g/mol. The van der Waals surface area contributed by atoms with Gasteiger partial charge < -0.3 is 14.5 Å². The van der Waals surface area contributed by atoms with Crippen molar-refractivity contribution in [2.24, 2.45) is 0 Å². The first-order chi connectivity index (χ1) is 9.15. The zero-order valence-corrected chi connectivity index (χ0v) is 10.6. The molecule has 0 amide bonds. The van der Waals surface area contributed by atoms with Crippen molar-refractivity contribution in [2.75, 3.05) is 14.2 Å². The van der Waals surface area contributed by atoms with Crippen molar-refractivity contribution in [1.29, 1.82) is 0 Å². The van der Waals surface area contributed by atoms with Gasteiger partial charge in [-0.15, -0.1) is 0 Å². The van der Waals surface area contributed by atoms with Crippen LogP contribution in [0, 0.1) is 0 Å². The molecule has 0 saturated heterocycles. The van der Waals surface area contributed by atoms with Crippen LogP contribution in [0.25, 0.3) is 0 Å². The van der Waals surface area contributed by atoms with Crippen molar-refractivity contribution in [1.82, 2.24) is 9.97 Å². The van der Waals surface area contributed by atoms with Crippen molar-refractivity contribution in [3.63, 3.8) is 0 Å². The Morgan fingerprint density at radius 2 is 1.95 bits per heavy atom. The third-order valence-electron chi connectivity index (χ3n) is 2.75.